The molecule has 2 saturated heterocycles. The highest BCUT2D eigenvalue weighted by Gasteiger charge is 2.29. The van der Waals surface area contributed by atoms with Crippen LogP contribution in [0, 0.1) is 5.92 Å². The molecule has 0 radical (unpaired) electrons. The number of likely N-dealkylation sites (tertiary alicyclic amines) is 1. The third-order valence-electron chi connectivity index (χ3n) is 4.94. The summed E-state index contributed by atoms with van der Waals surface area (Å²) in [6, 6.07) is 0.608. The lowest BCUT2D eigenvalue weighted by Crippen LogP contribution is -2.35. The van der Waals surface area contributed by atoms with Gasteiger partial charge in [0, 0.05) is 31.7 Å². The zero-order valence-corrected chi connectivity index (χ0v) is 14.1. The Morgan fingerprint density at radius 1 is 1.41 bits per heavy atom. The van der Waals surface area contributed by atoms with Gasteiger partial charge in [-0.3, -0.25) is 4.90 Å². The minimum Gasteiger partial charge on any atom is -0.444 e. The molecule has 3 rings (SSSR count). The fourth-order valence-corrected chi connectivity index (χ4v) is 3.44. The number of oxazole rings is 1. The second-order valence-electron chi connectivity index (χ2n) is 7.16. The van der Waals surface area contributed by atoms with Crippen molar-refractivity contribution in [3.63, 3.8) is 0 Å². The summed E-state index contributed by atoms with van der Waals surface area (Å²) >= 11 is 0. The van der Waals surface area contributed by atoms with Gasteiger partial charge in [0.1, 0.15) is 5.76 Å². The van der Waals surface area contributed by atoms with Crippen LogP contribution in [0.15, 0.2) is 10.6 Å². The number of rotatable bonds is 6. The average molecular weight is 307 g/mol. The molecule has 22 heavy (non-hydrogen) atoms. The molecule has 2 aliphatic heterocycles. The topological polar surface area (TPSA) is 41.7 Å². The first-order valence-corrected chi connectivity index (χ1v) is 8.56. The molecular weight excluding hydrogens is 278 g/mol. The van der Waals surface area contributed by atoms with E-state index in [1.807, 2.05) is 6.20 Å². The zero-order chi connectivity index (χ0) is 15.5. The average Bonchev–Trinajstić information content (AvgIpc) is 3.19. The van der Waals surface area contributed by atoms with Crippen LogP contribution in [0.25, 0.3) is 0 Å². The summed E-state index contributed by atoms with van der Waals surface area (Å²) in [6.07, 6.45) is 4.34. The molecule has 0 amide bonds. The minimum atomic E-state index is 0.405. The maximum absolute atomic E-state index is 5.83. The lowest BCUT2D eigenvalue weighted by Gasteiger charge is -2.24. The van der Waals surface area contributed by atoms with Gasteiger partial charge in [0.25, 0.3) is 0 Å². The van der Waals surface area contributed by atoms with E-state index >= 15 is 0 Å². The molecule has 2 unspecified atom stereocenters. The van der Waals surface area contributed by atoms with Crippen molar-refractivity contribution in [3.05, 3.63) is 17.8 Å². The first-order chi connectivity index (χ1) is 10.6. The van der Waals surface area contributed by atoms with Crippen LogP contribution in [-0.2, 0) is 11.3 Å². The Balaban J connectivity index is 1.47. The predicted octanol–water partition coefficient (Wildman–Crippen LogP) is 2.34. The highest BCUT2D eigenvalue weighted by molar-refractivity contribution is 4.99. The van der Waals surface area contributed by atoms with Crippen LogP contribution in [0.3, 0.4) is 0 Å². The molecule has 2 aliphatic rings. The molecule has 5 heteroatoms. The molecule has 124 valence electrons. The van der Waals surface area contributed by atoms with Gasteiger partial charge in [0.15, 0.2) is 0 Å². The van der Waals surface area contributed by atoms with E-state index < -0.39 is 0 Å². The van der Waals surface area contributed by atoms with Gasteiger partial charge >= 0.3 is 0 Å². The maximum Gasteiger partial charge on any atom is 0.208 e. The highest BCUT2D eigenvalue weighted by atomic mass is 16.5. The second-order valence-corrected chi connectivity index (χ2v) is 7.16. The van der Waals surface area contributed by atoms with E-state index in [1.165, 1.54) is 25.9 Å². The molecule has 5 nitrogen and oxygen atoms in total. The summed E-state index contributed by atoms with van der Waals surface area (Å²) in [5.74, 6) is 2.97. The van der Waals surface area contributed by atoms with E-state index in [9.17, 15) is 0 Å². The van der Waals surface area contributed by atoms with Crippen LogP contribution >= 0.6 is 0 Å². The lowest BCUT2D eigenvalue weighted by molar-refractivity contribution is 0.167. The van der Waals surface area contributed by atoms with Gasteiger partial charge < -0.3 is 14.1 Å². The third-order valence-corrected chi connectivity index (χ3v) is 4.94. The summed E-state index contributed by atoms with van der Waals surface area (Å²) in [4.78, 5) is 9.40. The minimum absolute atomic E-state index is 0.405. The van der Waals surface area contributed by atoms with Gasteiger partial charge in [-0.25, -0.2) is 4.98 Å². The van der Waals surface area contributed by atoms with Gasteiger partial charge in [-0.1, -0.05) is 13.8 Å². The van der Waals surface area contributed by atoms with Crippen molar-refractivity contribution in [2.75, 3.05) is 39.9 Å². The largest absolute Gasteiger partial charge is 0.444 e. The van der Waals surface area contributed by atoms with Crippen molar-refractivity contribution >= 4 is 0 Å². The summed E-state index contributed by atoms with van der Waals surface area (Å²) in [7, 11) is 2.19. The highest BCUT2D eigenvalue weighted by Crippen LogP contribution is 2.21. The van der Waals surface area contributed by atoms with Gasteiger partial charge in [-0.2, -0.15) is 0 Å². The van der Waals surface area contributed by atoms with E-state index in [2.05, 4.69) is 35.7 Å². The van der Waals surface area contributed by atoms with Crippen LogP contribution in [0.5, 0.6) is 0 Å². The Labute approximate surface area is 133 Å². The van der Waals surface area contributed by atoms with Gasteiger partial charge in [-0.05, 0) is 32.4 Å². The normalized spacial score (nSPS) is 26.6. The molecule has 1 aromatic rings. The monoisotopic (exact) mass is 307 g/mol. The quantitative estimate of drug-likeness (QED) is 0.807. The van der Waals surface area contributed by atoms with Crippen molar-refractivity contribution in [2.24, 2.45) is 5.92 Å². The van der Waals surface area contributed by atoms with Crippen LogP contribution in [0.2, 0.25) is 0 Å². The number of hydrogen-bond acceptors (Lipinski definition) is 5. The molecule has 0 saturated carbocycles. The fourth-order valence-electron chi connectivity index (χ4n) is 3.44. The molecule has 1 aromatic heterocycles. The Bertz CT molecular complexity index is 468. The summed E-state index contributed by atoms with van der Waals surface area (Å²) in [6.45, 7) is 10.5. The maximum atomic E-state index is 5.83. The number of nitrogens with zero attached hydrogens (tertiary/aromatic N) is 3. The van der Waals surface area contributed by atoms with E-state index in [0.29, 0.717) is 12.0 Å². The van der Waals surface area contributed by atoms with Crippen LogP contribution in [0.1, 0.15) is 44.3 Å². The molecular formula is C17H29N3O2. The van der Waals surface area contributed by atoms with Crippen molar-refractivity contribution in [2.45, 2.75) is 45.2 Å². The van der Waals surface area contributed by atoms with Crippen LogP contribution in [0.4, 0.5) is 0 Å². The second kappa shape index (κ2) is 7.11. The molecule has 0 N–H and O–H groups in total. The standard InChI is InChI=1S/C17H29N3O2/c1-13(2)16-8-18-17(22-16)11-19(3)15-4-6-20(10-15)9-14-5-7-21-12-14/h8,13-15H,4-7,9-12H2,1-3H3. The Morgan fingerprint density at radius 3 is 2.95 bits per heavy atom. The Hall–Kier alpha value is -0.910. The van der Waals surface area contributed by atoms with E-state index in [1.54, 1.807) is 0 Å². The molecule has 0 aromatic carbocycles. The number of ether oxygens (including phenoxy) is 1. The van der Waals surface area contributed by atoms with Crippen LogP contribution in [-0.4, -0.2) is 60.7 Å². The first kappa shape index (κ1) is 16.0. The Morgan fingerprint density at radius 2 is 2.27 bits per heavy atom. The van der Waals surface area contributed by atoms with Crippen molar-refractivity contribution in [3.8, 4) is 0 Å². The van der Waals surface area contributed by atoms with E-state index in [4.69, 9.17) is 9.15 Å². The fraction of sp³-hybridized carbons (Fsp3) is 0.824. The third kappa shape index (κ3) is 3.89. The summed E-state index contributed by atoms with van der Waals surface area (Å²) < 4.78 is 11.3. The molecule has 0 bridgehead atoms. The lowest BCUT2D eigenvalue weighted by atomic mass is 10.1. The number of likely N-dealkylation sites (N-methyl/N-ethyl adjacent to an activating group) is 1. The van der Waals surface area contributed by atoms with Crippen molar-refractivity contribution in [1.29, 1.82) is 0 Å². The molecule has 3 heterocycles. The molecule has 2 atom stereocenters. The number of aromatic nitrogens is 1. The van der Waals surface area contributed by atoms with Crippen molar-refractivity contribution in [1.82, 2.24) is 14.8 Å². The van der Waals surface area contributed by atoms with Crippen molar-refractivity contribution < 1.29 is 9.15 Å². The Kier molecular flexibility index (Phi) is 5.16. The van der Waals surface area contributed by atoms with Gasteiger partial charge in [0.05, 0.1) is 19.3 Å². The molecule has 0 spiro atoms. The summed E-state index contributed by atoms with van der Waals surface area (Å²) in [5, 5.41) is 0. The van der Waals surface area contributed by atoms with E-state index in [0.717, 1.165) is 43.9 Å². The zero-order valence-electron chi connectivity index (χ0n) is 14.1. The summed E-state index contributed by atoms with van der Waals surface area (Å²) in [5.41, 5.74) is 0. The van der Waals surface area contributed by atoms with E-state index in [-0.39, 0.29) is 0 Å². The first-order valence-electron chi connectivity index (χ1n) is 8.56. The van der Waals surface area contributed by atoms with Gasteiger partial charge in [0.2, 0.25) is 5.89 Å². The molecule has 0 aliphatic carbocycles. The number of hydrogen-bond donors (Lipinski definition) is 0. The smallest absolute Gasteiger partial charge is 0.208 e. The molecule has 2 fully saturated rings. The SMILES string of the molecule is CC(C)c1cnc(CN(C)C2CCN(CC3CCOC3)C2)o1. The van der Waals surface area contributed by atoms with Crippen LogP contribution < -0.4 is 0 Å². The van der Waals surface area contributed by atoms with Gasteiger partial charge in [-0.15, -0.1) is 0 Å². The predicted molar refractivity (Wildman–Crippen MR) is 85.8 cm³/mol.